The Bertz CT molecular complexity index is 1430. The predicted octanol–water partition coefficient (Wildman–Crippen LogP) is 5.72. The van der Waals surface area contributed by atoms with Crippen molar-refractivity contribution in [3.05, 3.63) is 114 Å². The molecular formula is C26H21N5. The minimum Gasteiger partial charge on any atom is -0.361 e. The number of H-pyrrole nitrogens is 2. The van der Waals surface area contributed by atoms with Gasteiger partial charge in [-0.3, -0.25) is 0 Å². The number of para-hydroxylation sites is 2. The van der Waals surface area contributed by atoms with E-state index >= 15 is 0 Å². The van der Waals surface area contributed by atoms with Crippen LogP contribution in [0.15, 0.2) is 91.4 Å². The summed E-state index contributed by atoms with van der Waals surface area (Å²) in [5, 5.41) is 11.5. The largest absolute Gasteiger partial charge is 0.361 e. The second-order valence-electron chi connectivity index (χ2n) is 7.94. The Morgan fingerprint density at radius 1 is 0.742 bits per heavy atom. The van der Waals surface area contributed by atoms with Crippen LogP contribution in [0.3, 0.4) is 0 Å². The van der Waals surface area contributed by atoms with Gasteiger partial charge in [0, 0.05) is 34.2 Å². The molecule has 150 valence electrons. The first kappa shape index (κ1) is 17.7. The molecule has 3 aromatic carbocycles. The van der Waals surface area contributed by atoms with Gasteiger partial charge in [0.15, 0.2) is 0 Å². The standard InChI is InChI=1S/C26H21N5/c1-17-10-12-18(13-11-17)31-16-25(29-30-31)26(21-14-27-23-8-4-2-6-19(21)23)22-15-28-24-9-5-3-7-20(22)24/h2-16,26-28H,1H3. The van der Waals surface area contributed by atoms with Gasteiger partial charge >= 0.3 is 0 Å². The molecule has 0 bridgehead atoms. The molecule has 0 saturated heterocycles. The number of nitrogens with one attached hydrogen (secondary N) is 2. The fraction of sp³-hybridized carbons (Fsp3) is 0.0769. The van der Waals surface area contributed by atoms with Crippen molar-refractivity contribution in [3.8, 4) is 5.69 Å². The molecule has 2 N–H and O–H groups in total. The lowest BCUT2D eigenvalue weighted by Gasteiger charge is -2.14. The number of nitrogens with zero attached hydrogens (tertiary/aromatic N) is 3. The lowest BCUT2D eigenvalue weighted by Crippen LogP contribution is -2.03. The van der Waals surface area contributed by atoms with Gasteiger partial charge in [0.05, 0.1) is 23.5 Å². The molecule has 0 amide bonds. The molecule has 6 rings (SSSR count). The third-order valence-electron chi connectivity index (χ3n) is 5.97. The molecule has 0 saturated carbocycles. The summed E-state index contributed by atoms with van der Waals surface area (Å²) in [6.07, 6.45) is 6.24. The number of fused-ring (bicyclic) bond motifs is 2. The van der Waals surface area contributed by atoms with Crippen molar-refractivity contribution >= 4 is 21.8 Å². The highest BCUT2D eigenvalue weighted by Gasteiger charge is 2.26. The third-order valence-corrected chi connectivity index (χ3v) is 5.97. The Kier molecular flexibility index (Phi) is 3.99. The molecule has 0 aliphatic carbocycles. The Labute approximate surface area is 179 Å². The van der Waals surface area contributed by atoms with Crippen molar-refractivity contribution in [1.29, 1.82) is 0 Å². The second kappa shape index (κ2) is 6.99. The van der Waals surface area contributed by atoms with Crippen molar-refractivity contribution in [2.24, 2.45) is 0 Å². The van der Waals surface area contributed by atoms with Crippen LogP contribution in [-0.2, 0) is 0 Å². The molecule has 6 aromatic rings. The van der Waals surface area contributed by atoms with Crippen LogP contribution in [-0.4, -0.2) is 25.0 Å². The normalized spacial score (nSPS) is 11.7. The Morgan fingerprint density at radius 2 is 1.32 bits per heavy atom. The molecular weight excluding hydrogens is 382 g/mol. The molecule has 5 nitrogen and oxygen atoms in total. The highest BCUT2D eigenvalue weighted by Crippen LogP contribution is 2.38. The van der Waals surface area contributed by atoms with Crippen LogP contribution < -0.4 is 0 Å². The number of hydrogen-bond donors (Lipinski definition) is 2. The van der Waals surface area contributed by atoms with Gasteiger partial charge in [0.1, 0.15) is 0 Å². The molecule has 0 spiro atoms. The van der Waals surface area contributed by atoms with Crippen molar-refractivity contribution in [3.63, 3.8) is 0 Å². The minimum absolute atomic E-state index is 0.0495. The number of rotatable bonds is 4. The van der Waals surface area contributed by atoms with Crippen LogP contribution in [0.4, 0.5) is 0 Å². The summed E-state index contributed by atoms with van der Waals surface area (Å²) in [5.41, 5.74) is 7.75. The number of aromatic nitrogens is 5. The number of aryl methyl sites for hydroxylation is 1. The fourth-order valence-corrected chi connectivity index (χ4v) is 4.38. The molecule has 0 aliphatic rings. The lowest BCUT2D eigenvalue weighted by molar-refractivity contribution is 0.793. The van der Waals surface area contributed by atoms with Crippen molar-refractivity contribution in [2.75, 3.05) is 0 Å². The van der Waals surface area contributed by atoms with E-state index in [2.05, 4.69) is 112 Å². The average Bonchev–Trinajstić information content (AvgIpc) is 3.55. The molecule has 0 radical (unpaired) electrons. The minimum atomic E-state index is -0.0495. The van der Waals surface area contributed by atoms with E-state index in [1.807, 2.05) is 10.9 Å². The molecule has 0 atom stereocenters. The summed E-state index contributed by atoms with van der Waals surface area (Å²) in [6.45, 7) is 2.08. The Balaban J connectivity index is 1.55. The SMILES string of the molecule is Cc1ccc(-n2cc(C(c3c[nH]c4ccccc34)c3c[nH]c4ccccc34)nn2)cc1. The van der Waals surface area contributed by atoms with Crippen LogP contribution in [0.5, 0.6) is 0 Å². The summed E-state index contributed by atoms with van der Waals surface area (Å²) >= 11 is 0. The van der Waals surface area contributed by atoms with E-state index in [0.717, 1.165) is 22.4 Å². The highest BCUT2D eigenvalue weighted by molar-refractivity contribution is 5.88. The van der Waals surface area contributed by atoms with Gasteiger partial charge in [-0.05, 0) is 42.3 Å². The van der Waals surface area contributed by atoms with Gasteiger partial charge in [-0.2, -0.15) is 0 Å². The quantitative estimate of drug-likeness (QED) is 0.395. The first-order chi connectivity index (χ1) is 15.3. The maximum atomic E-state index is 4.63. The monoisotopic (exact) mass is 403 g/mol. The first-order valence-electron chi connectivity index (χ1n) is 10.4. The summed E-state index contributed by atoms with van der Waals surface area (Å²) in [6, 6.07) is 25.1. The molecule has 31 heavy (non-hydrogen) atoms. The summed E-state index contributed by atoms with van der Waals surface area (Å²) < 4.78 is 1.85. The average molecular weight is 403 g/mol. The Hall–Kier alpha value is -4.12. The smallest absolute Gasteiger partial charge is 0.0952 e. The number of hydrogen-bond acceptors (Lipinski definition) is 2. The maximum absolute atomic E-state index is 4.63. The van der Waals surface area contributed by atoms with Crippen molar-refractivity contribution in [2.45, 2.75) is 12.8 Å². The number of aromatic amines is 2. The van der Waals surface area contributed by atoms with E-state index in [9.17, 15) is 0 Å². The summed E-state index contributed by atoms with van der Waals surface area (Å²) in [4.78, 5) is 6.86. The first-order valence-corrected chi connectivity index (χ1v) is 10.4. The summed E-state index contributed by atoms with van der Waals surface area (Å²) in [7, 11) is 0. The van der Waals surface area contributed by atoms with E-state index in [1.165, 1.54) is 27.5 Å². The van der Waals surface area contributed by atoms with Crippen LogP contribution in [0.1, 0.15) is 28.3 Å². The molecule has 5 heteroatoms. The van der Waals surface area contributed by atoms with Crippen molar-refractivity contribution in [1.82, 2.24) is 25.0 Å². The van der Waals surface area contributed by atoms with Gasteiger partial charge in [0.2, 0.25) is 0 Å². The van der Waals surface area contributed by atoms with Gasteiger partial charge in [-0.15, -0.1) is 5.10 Å². The zero-order valence-electron chi connectivity index (χ0n) is 17.1. The third kappa shape index (κ3) is 2.94. The zero-order valence-corrected chi connectivity index (χ0v) is 17.1. The van der Waals surface area contributed by atoms with E-state index in [4.69, 9.17) is 0 Å². The van der Waals surface area contributed by atoms with E-state index in [0.29, 0.717) is 0 Å². The summed E-state index contributed by atoms with van der Waals surface area (Å²) in [5.74, 6) is -0.0495. The second-order valence-corrected chi connectivity index (χ2v) is 7.94. The van der Waals surface area contributed by atoms with Crippen LogP contribution in [0.2, 0.25) is 0 Å². The maximum Gasteiger partial charge on any atom is 0.0952 e. The molecule has 0 fully saturated rings. The van der Waals surface area contributed by atoms with Gasteiger partial charge in [-0.1, -0.05) is 59.3 Å². The van der Waals surface area contributed by atoms with E-state index < -0.39 is 0 Å². The van der Waals surface area contributed by atoms with E-state index in [-0.39, 0.29) is 5.92 Å². The predicted molar refractivity (Wildman–Crippen MR) is 124 cm³/mol. The molecule has 3 aromatic heterocycles. The topological polar surface area (TPSA) is 62.3 Å². The van der Waals surface area contributed by atoms with Crippen LogP contribution in [0, 0.1) is 6.92 Å². The molecule has 3 heterocycles. The van der Waals surface area contributed by atoms with Crippen LogP contribution in [0.25, 0.3) is 27.5 Å². The van der Waals surface area contributed by atoms with Gasteiger partial charge in [0.25, 0.3) is 0 Å². The van der Waals surface area contributed by atoms with E-state index in [1.54, 1.807) is 0 Å². The van der Waals surface area contributed by atoms with Crippen LogP contribution >= 0.6 is 0 Å². The fourth-order valence-electron chi connectivity index (χ4n) is 4.38. The van der Waals surface area contributed by atoms with Crippen molar-refractivity contribution < 1.29 is 0 Å². The molecule has 0 unspecified atom stereocenters. The zero-order chi connectivity index (χ0) is 20.8. The Morgan fingerprint density at radius 3 is 1.94 bits per heavy atom. The highest BCUT2D eigenvalue weighted by atomic mass is 15.4. The molecule has 0 aliphatic heterocycles. The van der Waals surface area contributed by atoms with Gasteiger partial charge < -0.3 is 9.97 Å². The lowest BCUT2D eigenvalue weighted by atomic mass is 9.88. The number of benzene rings is 3. The van der Waals surface area contributed by atoms with Gasteiger partial charge in [-0.25, -0.2) is 4.68 Å².